The molecular formula is C13H17N5O2S. The number of fused-ring (bicyclic) bond motifs is 1. The van der Waals surface area contributed by atoms with Crippen LogP contribution in [0.1, 0.15) is 18.7 Å². The lowest BCUT2D eigenvalue weighted by atomic mass is 10.2. The molecule has 0 amide bonds. The Morgan fingerprint density at radius 3 is 2.86 bits per heavy atom. The number of hydrogen-bond acceptors (Lipinski definition) is 6. The molecule has 8 heteroatoms. The third kappa shape index (κ3) is 3.26. The van der Waals surface area contributed by atoms with Crippen LogP contribution in [-0.4, -0.2) is 55.5 Å². The van der Waals surface area contributed by atoms with E-state index in [9.17, 15) is 4.79 Å². The Bertz CT molecular complexity index is 639. The first-order valence-corrected chi connectivity index (χ1v) is 8.15. The predicted molar refractivity (Wildman–Crippen MR) is 80.9 cm³/mol. The highest BCUT2D eigenvalue weighted by Gasteiger charge is 2.14. The van der Waals surface area contributed by atoms with Crippen LogP contribution in [0.5, 0.6) is 0 Å². The number of aliphatic carboxylic acids is 1. The van der Waals surface area contributed by atoms with Crippen LogP contribution in [0.25, 0.3) is 5.65 Å². The molecule has 0 atom stereocenters. The maximum atomic E-state index is 10.6. The number of hydrogen-bond donors (Lipinski definition) is 1. The van der Waals surface area contributed by atoms with Crippen molar-refractivity contribution in [1.82, 2.24) is 19.8 Å². The molecule has 1 aliphatic heterocycles. The van der Waals surface area contributed by atoms with Crippen LogP contribution in [0.2, 0.25) is 0 Å². The fourth-order valence-electron chi connectivity index (χ4n) is 2.34. The van der Waals surface area contributed by atoms with Crippen molar-refractivity contribution in [1.29, 1.82) is 0 Å². The SMILES string of the molecule is O=C(O)CCCc1nnc2ccc(N3CCSCC3)nn12. The van der Waals surface area contributed by atoms with Crippen LogP contribution in [0.4, 0.5) is 5.82 Å². The monoisotopic (exact) mass is 307 g/mol. The molecule has 2 aromatic heterocycles. The van der Waals surface area contributed by atoms with E-state index in [1.807, 2.05) is 23.9 Å². The summed E-state index contributed by atoms with van der Waals surface area (Å²) in [7, 11) is 0. The van der Waals surface area contributed by atoms with Gasteiger partial charge >= 0.3 is 5.97 Å². The van der Waals surface area contributed by atoms with E-state index in [1.54, 1.807) is 4.52 Å². The van der Waals surface area contributed by atoms with Crippen LogP contribution in [0, 0.1) is 0 Å². The summed E-state index contributed by atoms with van der Waals surface area (Å²) in [5.41, 5.74) is 0.704. The number of nitrogens with zero attached hydrogens (tertiary/aromatic N) is 5. The Morgan fingerprint density at radius 2 is 2.10 bits per heavy atom. The highest BCUT2D eigenvalue weighted by atomic mass is 32.2. The average Bonchev–Trinajstić information content (AvgIpc) is 2.90. The Kier molecular flexibility index (Phi) is 4.23. The van der Waals surface area contributed by atoms with Gasteiger partial charge in [-0.3, -0.25) is 4.79 Å². The van der Waals surface area contributed by atoms with E-state index in [1.165, 1.54) is 0 Å². The predicted octanol–water partition coefficient (Wildman–Crippen LogP) is 1.08. The number of anilines is 1. The highest BCUT2D eigenvalue weighted by Crippen LogP contribution is 2.18. The fourth-order valence-corrected chi connectivity index (χ4v) is 3.24. The molecule has 7 nitrogen and oxygen atoms in total. The number of aryl methyl sites for hydroxylation is 1. The summed E-state index contributed by atoms with van der Waals surface area (Å²) in [5, 5.41) is 21.5. The molecule has 0 saturated carbocycles. The molecule has 0 spiro atoms. The van der Waals surface area contributed by atoms with Crippen molar-refractivity contribution < 1.29 is 9.90 Å². The molecule has 1 aliphatic rings. The second-order valence-corrected chi connectivity index (χ2v) is 6.15. The minimum Gasteiger partial charge on any atom is -0.481 e. The third-order valence-corrected chi connectivity index (χ3v) is 4.38. The van der Waals surface area contributed by atoms with Gasteiger partial charge in [-0.25, -0.2) is 0 Å². The van der Waals surface area contributed by atoms with E-state index in [0.717, 1.165) is 36.2 Å². The molecular weight excluding hydrogens is 290 g/mol. The Hall–Kier alpha value is -1.83. The van der Waals surface area contributed by atoms with Crippen molar-refractivity contribution in [2.75, 3.05) is 29.5 Å². The lowest BCUT2D eigenvalue weighted by Gasteiger charge is -2.27. The van der Waals surface area contributed by atoms with Crippen molar-refractivity contribution in [2.24, 2.45) is 0 Å². The van der Waals surface area contributed by atoms with Gasteiger partial charge in [0.25, 0.3) is 0 Å². The molecule has 0 bridgehead atoms. The maximum Gasteiger partial charge on any atom is 0.303 e. The number of thioether (sulfide) groups is 1. The van der Waals surface area contributed by atoms with Gasteiger partial charge in [-0.1, -0.05) is 0 Å². The minimum absolute atomic E-state index is 0.137. The Labute approximate surface area is 126 Å². The van der Waals surface area contributed by atoms with E-state index in [0.29, 0.717) is 18.5 Å². The molecule has 0 aromatic carbocycles. The van der Waals surface area contributed by atoms with Crippen molar-refractivity contribution in [2.45, 2.75) is 19.3 Å². The lowest BCUT2D eigenvalue weighted by molar-refractivity contribution is -0.137. The summed E-state index contributed by atoms with van der Waals surface area (Å²) in [6, 6.07) is 3.89. The topological polar surface area (TPSA) is 83.6 Å². The number of rotatable bonds is 5. The molecule has 0 aliphatic carbocycles. The normalized spacial score (nSPS) is 15.5. The van der Waals surface area contributed by atoms with E-state index in [-0.39, 0.29) is 6.42 Å². The zero-order valence-corrected chi connectivity index (χ0v) is 12.4. The van der Waals surface area contributed by atoms with Crippen LogP contribution < -0.4 is 4.90 Å². The van der Waals surface area contributed by atoms with Gasteiger partial charge in [0, 0.05) is 37.4 Å². The first-order chi connectivity index (χ1) is 10.2. The van der Waals surface area contributed by atoms with Gasteiger partial charge in [-0.2, -0.15) is 16.3 Å². The Morgan fingerprint density at radius 1 is 1.29 bits per heavy atom. The molecule has 1 N–H and O–H groups in total. The van der Waals surface area contributed by atoms with Crippen molar-refractivity contribution in [3.63, 3.8) is 0 Å². The average molecular weight is 307 g/mol. The fraction of sp³-hybridized carbons (Fsp3) is 0.538. The molecule has 3 rings (SSSR count). The smallest absolute Gasteiger partial charge is 0.303 e. The molecule has 0 radical (unpaired) electrons. The van der Waals surface area contributed by atoms with Crippen molar-refractivity contribution in [3.05, 3.63) is 18.0 Å². The second-order valence-electron chi connectivity index (χ2n) is 4.92. The van der Waals surface area contributed by atoms with Crippen LogP contribution >= 0.6 is 11.8 Å². The summed E-state index contributed by atoms with van der Waals surface area (Å²) < 4.78 is 1.74. The standard InChI is InChI=1S/C13H17N5O2S/c19-13(20)3-1-2-10-14-15-11-4-5-12(16-18(10)11)17-6-8-21-9-7-17/h4-5H,1-3,6-9H2,(H,19,20). The number of carboxylic acids is 1. The van der Waals surface area contributed by atoms with Gasteiger partial charge in [0.15, 0.2) is 11.5 Å². The van der Waals surface area contributed by atoms with Crippen LogP contribution in [0.3, 0.4) is 0 Å². The first-order valence-electron chi connectivity index (χ1n) is 7.00. The van der Waals surface area contributed by atoms with Gasteiger partial charge in [-0.05, 0) is 18.6 Å². The second kappa shape index (κ2) is 6.30. The molecule has 21 heavy (non-hydrogen) atoms. The van der Waals surface area contributed by atoms with Gasteiger partial charge in [0.05, 0.1) is 0 Å². The maximum absolute atomic E-state index is 10.6. The molecule has 0 unspecified atom stereocenters. The number of aromatic nitrogens is 4. The summed E-state index contributed by atoms with van der Waals surface area (Å²) in [6.07, 6.45) is 1.25. The lowest BCUT2D eigenvalue weighted by Crippen LogP contribution is -2.33. The van der Waals surface area contributed by atoms with Gasteiger partial charge in [-0.15, -0.1) is 15.3 Å². The van der Waals surface area contributed by atoms with Crippen LogP contribution in [0.15, 0.2) is 12.1 Å². The number of carbonyl (C=O) groups is 1. The zero-order chi connectivity index (χ0) is 14.7. The van der Waals surface area contributed by atoms with Crippen LogP contribution in [-0.2, 0) is 11.2 Å². The molecule has 1 fully saturated rings. The molecule has 1 saturated heterocycles. The van der Waals surface area contributed by atoms with E-state index >= 15 is 0 Å². The molecule has 2 aromatic rings. The van der Waals surface area contributed by atoms with Crippen molar-refractivity contribution in [3.8, 4) is 0 Å². The number of carboxylic acid groups (broad SMARTS) is 1. The Balaban J connectivity index is 1.79. The van der Waals surface area contributed by atoms with E-state index in [4.69, 9.17) is 5.11 Å². The summed E-state index contributed by atoms with van der Waals surface area (Å²) in [6.45, 7) is 2.00. The van der Waals surface area contributed by atoms with Gasteiger partial charge in [0.2, 0.25) is 0 Å². The largest absolute Gasteiger partial charge is 0.481 e. The zero-order valence-electron chi connectivity index (χ0n) is 11.6. The van der Waals surface area contributed by atoms with Crippen molar-refractivity contribution >= 4 is 29.2 Å². The molecule has 3 heterocycles. The van der Waals surface area contributed by atoms with E-state index < -0.39 is 5.97 Å². The summed E-state index contributed by atoms with van der Waals surface area (Å²) >= 11 is 1.96. The summed E-state index contributed by atoms with van der Waals surface area (Å²) in [4.78, 5) is 12.8. The quantitative estimate of drug-likeness (QED) is 0.885. The minimum atomic E-state index is -0.789. The third-order valence-electron chi connectivity index (χ3n) is 3.44. The van der Waals surface area contributed by atoms with Gasteiger partial charge in [0.1, 0.15) is 5.82 Å². The highest BCUT2D eigenvalue weighted by molar-refractivity contribution is 7.99. The summed E-state index contributed by atoms with van der Waals surface area (Å²) in [5.74, 6) is 3.10. The first kappa shape index (κ1) is 14.1. The molecule has 112 valence electrons. The van der Waals surface area contributed by atoms with E-state index in [2.05, 4.69) is 20.2 Å². The van der Waals surface area contributed by atoms with Gasteiger partial charge < -0.3 is 10.0 Å².